The van der Waals surface area contributed by atoms with Crippen molar-refractivity contribution in [3.63, 3.8) is 0 Å². The molecule has 2 aromatic rings. The van der Waals surface area contributed by atoms with Crippen molar-refractivity contribution in [2.75, 3.05) is 4.72 Å². The lowest BCUT2D eigenvalue weighted by atomic mass is 9.90. The average molecular weight is 329 g/mol. The molecule has 0 aliphatic heterocycles. The standard InChI is InChI=1S/C18H19NO3S/c1-12-3-6-14(7-4-12)23(21,22)19-17-9-10-18(20)16-11-13(2)5-8-15(16)17/h3-7,9-10,19-20H,8,11H2,1-2H3. The van der Waals surface area contributed by atoms with Crippen LogP contribution in [0.2, 0.25) is 0 Å². The van der Waals surface area contributed by atoms with Crippen LogP contribution in [0.3, 0.4) is 0 Å². The van der Waals surface area contributed by atoms with Crippen molar-refractivity contribution in [3.05, 3.63) is 64.7 Å². The number of anilines is 1. The van der Waals surface area contributed by atoms with Crippen LogP contribution >= 0.6 is 0 Å². The highest BCUT2D eigenvalue weighted by molar-refractivity contribution is 7.92. The molecule has 0 saturated heterocycles. The Morgan fingerprint density at radius 3 is 2.39 bits per heavy atom. The van der Waals surface area contributed by atoms with Gasteiger partial charge < -0.3 is 5.11 Å². The maximum atomic E-state index is 12.6. The summed E-state index contributed by atoms with van der Waals surface area (Å²) in [7, 11) is -3.64. The number of rotatable bonds is 3. The van der Waals surface area contributed by atoms with Crippen LogP contribution in [0.1, 0.15) is 23.6 Å². The highest BCUT2D eigenvalue weighted by Gasteiger charge is 2.20. The molecule has 23 heavy (non-hydrogen) atoms. The summed E-state index contributed by atoms with van der Waals surface area (Å²) in [5.41, 5.74) is 4.35. The van der Waals surface area contributed by atoms with E-state index in [1.54, 1.807) is 36.4 Å². The normalized spacial score (nSPS) is 14.1. The molecule has 1 aliphatic carbocycles. The predicted octanol–water partition coefficient (Wildman–Crippen LogP) is 3.55. The molecule has 0 radical (unpaired) electrons. The zero-order chi connectivity index (χ0) is 16.6. The lowest BCUT2D eigenvalue weighted by Gasteiger charge is -2.20. The maximum absolute atomic E-state index is 12.6. The molecule has 2 aromatic carbocycles. The van der Waals surface area contributed by atoms with E-state index in [1.165, 1.54) is 5.57 Å². The van der Waals surface area contributed by atoms with Crippen molar-refractivity contribution in [2.45, 2.75) is 31.6 Å². The second kappa shape index (κ2) is 5.74. The average Bonchev–Trinajstić information content (AvgIpc) is 2.50. The van der Waals surface area contributed by atoms with Gasteiger partial charge >= 0.3 is 0 Å². The topological polar surface area (TPSA) is 66.4 Å². The Balaban J connectivity index is 1.98. The van der Waals surface area contributed by atoms with Crippen LogP contribution in [0.4, 0.5) is 5.69 Å². The van der Waals surface area contributed by atoms with Crippen molar-refractivity contribution in [2.24, 2.45) is 0 Å². The van der Waals surface area contributed by atoms with Gasteiger partial charge in [0.2, 0.25) is 0 Å². The fraction of sp³-hybridized carbons (Fsp3) is 0.222. The molecule has 0 bridgehead atoms. The monoisotopic (exact) mass is 329 g/mol. The number of phenolic OH excluding ortho intramolecular Hbond substituents is 1. The van der Waals surface area contributed by atoms with E-state index in [4.69, 9.17) is 0 Å². The van der Waals surface area contributed by atoms with E-state index < -0.39 is 10.0 Å². The van der Waals surface area contributed by atoms with Gasteiger partial charge in [0.15, 0.2) is 0 Å². The van der Waals surface area contributed by atoms with Gasteiger partial charge in [-0.2, -0.15) is 0 Å². The molecule has 0 fully saturated rings. The van der Waals surface area contributed by atoms with Crippen molar-refractivity contribution in [1.29, 1.82) is 0 Å². The second-order valence-electron chi connectivity index (χ2n) is 5.94. The minimum atomic E-state index is -3.64. The van der Waals surface area contributed by atoms with Crippen LogP contribution in [-0.2, 0) is 22.9 Å². The smallest absolute Gasteiger partial charge is 0.261 e. The third-order valence-corrected chi connectivity index (χ3v) is 5.47. The molecule has 3 rings (SSSR count). The first-order valence-electron chi connectivity index (χ1n) is 7.45. The van der Waals surface area contributed by atoms with Crippen LogP contribution in [0.15, 0.2) is 52.9 Å². The van der Waals surface area contributed by atoms with Gasteiger partial charge in [-0.25, -0.2) is 8.42 Å². The van der Waals surface area contributed by atoms with Crippen molar-refractivity contribution in [1.82, 2.24) is 0 Å². The van der Waals surface area contributed by atoms with Crippen LogP contribution < -0.4 is 4.72 Å². The zero-order valence-corrected chi connectivity index (χ0v) is 13.9. The molecule has 0 aromatic heterocycles. The summed E-state index contributed by atoms with van der Waals surface area (Å²) in [5.74, 6) is 0.214. The third-order valence-electron chi connectivity index (χ3n) is 4.09. The lowest BCUT2D eigenvalue weighted by Crippen LogP contribution is -2.16. The largest absolute Gasteiger partial charge is 0.508 e. The minimum absolute atomic E-state index is 0.214. The molecule has 1 aliphatic rings. The quantitative estimate of drug-likeness (QED) is 0.668. The first-order valence-corrected chi connectivity index (χ1v) is 8.94. The van der Waals surface area contributed by atoms with Gasteiger partial charge in [-0.1, -0.05) is 29.3 Å². The van der Waals surface area contributed by atoms with Gasteiger partial charge in [0.1, 0.15) is 5.75 Å². The summed E-state index contributed by atoms with van der Waals surface area (Å²) in [5, 5.41) is 10.0. The summed E-state index contributed by atoms with van der Waals surface area (Å²) in [4.78, 5) is 0.229. The molecule has 5 heteroatoms. The second-order valence-corrected chi connectivity index (χ2v) is 7.62. The molecule has 0 heterocycles. The number of sulfonamides is 1. The summed E-state index contributed by atoms with van der Waals surface area (Å²) < 4.78 is 27.8. The number of allylic oxidation sites excluding steroid dienone is 2. The molecule has 2 N–H and O–H groups in total. The van der Waals surface area contributed by atoms with E-state index in [-0.39, 0.29) is 10.6 Å². The molecule has 0 amide bonds. The van der Waals surface area contributed by atoms with Crippen molar-refractivity contribution in [3.8, 4) is 5.75 Å². The highest BCUT2D eigenvalue weighted by atomic mass is 32.2. The van der Waals surface area contributed by atoms with Crippen LogP contribution in [0.25, 0.3) is 0 Å². The molecular formula is C18H19NO3S. The summed E-state index contributed by atoms with van der Waals surface area (Å²) in [6, 6.07) is 9.89. The Morgan fingerprint density at radius 2 is 1.70 bits per heavy atom. The summed E-state index contributed by atoms with van der Waals surface area (Å²) >= 11 is 0. The third kappa shape index (κ3) is 3.10. The molecule has 0 saturated carbocycles. The maximum Gasteiger partial charge on any atom is 0.261 e. The number of aryl methyl sites for hydroxylation is 1. The minimum Gasteiger partial charge on any atom is -0.508 e. The number of aromatic hydroxyl groups is 1. The van der Waals surface area contributed by atoms with E-state index >= 15 is 0 Å². The molecule has 4 nitrogen and oxygen atoms in total. The number of benzene rings is 2. The molecule has 120 valence electrons. The number of nitrogens with one attached hydrogen (secondary N) is 1. The number of fused-ring (bicyclic) bond motifs is 1. The Bertz CT molecular complexity index is 881. The van der Waals surface area contributed by atoms with Crippen LogP contribution in [0.5, 0.6) is 5.75 Å². The zero-order valence-electron chi connectivity index (χ0n) is 13.1. The number of hydrogen-bond acceptors (Lipinski definition) is 3. The van der Waals surface area contributed by atoms with Crippen molar-refractivity contribution >= 4 is 15.7 Å². The molecule has 0 unspecified atom stereocenters. The number of hydrogen-bond donors (Lipinski definition) is 2. The Hall–Kier alpha value is -2.27. The van der Waals surface area contributed by atoms with Gasteiger partial charge in [-0.15, -0.1) is 0 Å². The first kappa shape index (κ1) is 15.6. The van der Waals surface area contributed by atoms with Crippen LogP contribution in [0, 0.1) is 6.92 Å². The SMILES string of the molecule is CC1=CCc2c(NS(=O)(=O)c3ccc(C)cc3)ccc(O)c2C1. The van der Waals surface area contributed by atoms with E-state index in [0.717, 1.165) is 16.7 Å². The van der Waals surface area contributed by atoms with Gasteiger partial charge in [0.25, 0.3) is 10.0 Å². The summed E-state index contributed by atoms with van der Waals surface area (Å²) in [6.07, 6.45) is 3.31. The van der Waals surface area contributed by atoms with E-state index in [0.29, 0.717) is 18.5 Å². The van der Waals surface area contributed by atoms with Gasteiger partial charge in [-0.3, -0.25) is 4.72 Å². The fourth-order valence-electron chi connectivity index (χ4n) is 2.76. The van der Waals surface area contributed by atoms with E-state index in [2.05, 4.69) is 10.8 Å². The summed E-state index contributed by atoms with van der Waals surface area (Å²) in [6.45, 7) is 3.92. The van der Waals surface area contributed by atoms with E-state index in [1.807, 2.05) is 13.8 Å². The molecular weight excluding hydrogens is 310 g/mol. The van der Waals surface area contributed by atoms with Crippen molar-refractivity contribution < 1.29 is 13.5 Å². The van der Waals surface area contributed by atoms with E-state index in [9.17, 15) is 13.5 Å². The number of phenols is 1. The first-order chi connectivity index (χ1) is 10.9. The lowest BCUT2D eigenvalue weighted by molar-refractivity contribution is 0.468. The van der Waals surface area contributed by atoms with Gasteiger partial charge in [-0.05, 0) is 56.5 Å². The fourth-order valence-corrected chi connectivity index (χ4v) is 3.85. The van der Waals surface area contributed by atoms with Gasteiger partial charge in [0, 0.05) is 5.56 Å². The van der Waals surface area contributed by atoms with Crippen LogP contribution in [-0.4, -0.2) is 13.5 Å². The Morgan fingerprint density at radius 1 is 1.00 bits per heavy atom. The molecule has 0 atom stereocenters. The highest BCUT2D eigenvalue weighted by Crippen LogP contribution is 2.34. The van der Waals surface area contributed by atoms with Gasteiger partial charge in [0.05, 0.1) is 10.6 Å². The predicted molar refractivity (Wildman–Crippen MR) is 91.3 cm³/mol. The Kier molecular flexibility index (Phi) is 3.90. The Labute approximate surface area is 136 Å². The molecule has 0 spiro atoms.